The van der Waals surface area contributed by atoms with Gasteiger partial charge < -0.3 is 10.1 Å². The van der Waals surface area contributed by atoms with Crippen molar-refractivity contribution in [2.24, 2.45) is 0 Å². The summed E-state index contributed by atoms with van der Waals surface area (Å²) in [6, 6.07) is 3.76. The van der Waals surface area contributed by atoms with Crippen molar-refractivity contribution in [3.63, 3.8) is 0 Å². The molecule has 4 heteroatoms. The van der Waals surface area contributed by atoms with Gasteiger partial charge in [0.1, 0.15) is 0 Å². The molecule has 0 aliphatic carbocycles. The van der Waals surface area contributed by atoms with Gasteiger partial charge in [0.2, 0.25) is 11.8 Å². The molecule has 0 saturated carbocycles. The van der Waals surface area contributed by atoms with E-state index in [0.29, 0.717) is 25.5 Å². The molecule has 4 nitrogen and oxygen atoms in total. The zero-order chi connectivity index (χ0) is 12.5. The Morgan fingerprint density at radius 3 is 3.00 bits per heavy atom. The number of carbonyl (C=O) groups excluding carboxylic acids is 1. The summed E-state index contributed by atoms with van der Waals surface area (Å²) in [4.78, 5) is 15.6. The van der Waals surface area contributed by atoms with Crippen LogP contribution < -0.4 is 10.1 Å². The molecule has 0 bridgehead atoms. The summed E-state index contributed by atoms with van der Waals surface area (Å²) >= 11 is 0. The van der Waals surface area contributed by atoms with E-state index in [4.69, 9.17) is 4.74 Å². The maximum Gasteiger partial charge on any atom is 0.220 e. The van der Waals surface area contributed by atoms with Gasteiger partial charge in [0, 0.05) is 24.7 Å². The van der Waals surface area contributed by atoms with Crippen molar-refractivity contribution < 1.29 is 9.53 Å². The molecule has 1 heterocycles. The van der Waals surface area contributed by atoms with Gasteiger partial charge in [-0.15, -0.1) is 0 Å². The van der Waals surface area contributed by atoms with E-state index in [-0.39, 0.29) is 5.91 Å². The number of nitrogens with one attached hydrogen (secondary N) is 1. The van der Waals surface area contributed by atoms with E-state index in [0.717, 1.165) is 18.4 Å². The van der Waals surface area contributed by atoms with Gasteiger partial charge in [0.05, 0.1) is 6.61 Å². The predicted molar refractivity (Wildman–Crippen MR) is 66.8 cm³/mol. The lowest BCUT2D eigenvalue weighted by Gasteiger charge is -2.09. The molecule has 17 heavy (non-hydrogen) atoms. The monoisotopic (exact) mass is 236 g/mol. The number of pyridine rings is 1. The topological polar surface area (TPSA) is 51.2 Å². The molecule has 0 aromatic carbocycles. The average molecular weight is 236 g/mol. The average Bonchev–Trinajstić information content (AvgIpc) is 2.35. The van der Waals surface area contributed by atoms with Gasteiger partial charge in [-0.2, -0.15) is 0 Å². The summed E-state index contributed by atoms with van der Waals surface area (Å²) in [5.41, 5.74) is 0.916. The summed E-state index contributed by atoms with van der Waals surface area (Å²) in [7, 11) is 0. The third-order valence-corrected chi connectivity index (χ3v) is 2.36. The minimum Gasteiger partial charge on any atom is -0.478 e. The first kappa shape index (κ1) is 13.5. The van der Waals surface area contributed by atoms with Crippen LogP contribution in [0.5, 0.6) is 5.88 Å². The van der Waals surface area contributed by atoms with Crippen LogP contribution in [0.15, 0.2) is 18.3 Å². The van der Waals surface area contributed by atoms with E-state index in [2.05, 4.69) is 17.2 Å². The highest BCUT2D eigenvalue weighted by atomic mass is 16.5. The van der Waals surface area contributed by atoms with Gasteiger partial charge >= 0.3 is 0 Å². The molecular weight excluding hydrogens is 216 g/mol. The van der Waals surface area contributed by atoms with E-state index in [1.807, 2.05) is 19.1 Å². The van der Waals surface area contributed by atoms with E-state index >= 15 is 0 Å². The van der Waals surface area contributed by atoms with Crippen LogP contribution in [0.25, 0.3) is 0 Å². The summed E-state index contributed by atoms with van der Waals surface area (Å²) in [5.74, 6) is 0.684. The van der Waals surface area contributed by atoms with Gasteiger partial charge in [-0.05, 0) is 19.4 Å². The number of hydrogen-bond acceptors (Lipinski definition) is 3. The van der Waals surface area contributed by atoms with Crippen LogP contribution in [0.2, 0.25) is 0 Å². The van der Waals surface area contributed by atoms with Gasteiger partial charge in [-0.3, -0.25) is 4.79 Å². The van der Waals surface area contributed by atoms with Crippen molar-refractivity contribution >= 4 is 5.91 Å². The summed E-state index contributed by atoms with van der Waals surface area (Å²) < 4.78 is 5.39. The van der Waals surface area contributed by atoms with Crippen LogP contribution >= 0.6 is 0 Å². The largest absolute Gasteiger partial charge is 0.478 e. The Morgan fingerprint density at radius 2 is 2.29 bits per heavy atom. The Morgan fingerprint density at radius 1 is 1.47 bits per heavy atom. The number of nitrogens with zero attached hydrogens (tertiary/aromatic N) is 1. The minimum absolute atomic E-state index is 0.0816. The summed E-state index contributed by atoms with van der Waals surface area (Å²) in [6.45, 7) is 5.04. The highest BCUT2D eigenvalue weighted by Gasteiger charge is 2.05. The Labute approximate surface area is 102 Å². The van der Waals surface area contributed by atoms with E-state index in [9.17, 15) is 4.79 Å². The van der Waals surface area contributed by atoms with E-state index < -0.39 is 0 Å². The maximum absolute atomic E-state index is 11.5. The fraction of sp³-hybridized carbons (Fsp3) is 0.538. The molecule has 0 aliphatic rings. The predicted octanol–water partition coefficient (Wildman–Crippen LogP) is 2.29. The Hall–Kier alpha value is -1.58. The molecule has 1 aromatic rings. The standard InChI is InChI=1S/C13H20N2O2/c1-3-5-8-12(16)15-10-11-7-6-9-14-13(11)17-4-2/h6-7,9H,3-5,8,10H2,1-2H3,(H,15,16). The lowest BCUT2D eigenvalue weighted by Crippen LogP contribution is -2.22. The number of ether oxygens (including phenoxy) is 1. The zero-order valence-corrected chi connectivity index (χ0v) is 10.5. The molecule has 1 aromatic heterocycles. The molecule has 0 spiro atoms. The van der Waals surface area contributed by atoms with Crippen LogP contribution in [0.4, 0.5) is 0 Å². The minimum atomic E-state index is 0.0816. The lowest BCUT2D eigenvalue weighted by atomic mass is 10.2. The summed E-state index contributed by atoms with van der Waals surface area (Å²) in [6.07, 6.45) is 4.23. The van der Waals surface area contributed by atoms with E-state index in [1.165, 1.54) is 0 Å². The molecule has 1 N–H and O–H groups in total. The van der Waals surface area contributed by atoms with Crippen molar-refractivity contribution in [3.05, 3.63) is 23.9 Å². The lowest BCUT2D eigenvalue weighted by molar-refractivity contribution is -0.121. The van der Waals surface area contributed by atoms with Crippen LogP contribution in [-0.2, 0) is 11.3 Å². The third-order valence-electron chi connectivity index (χ3n) is 2.36. The van der Waals surface area contributed by atoms with Crippen LogP contribution in [0.3, 0.4) is 0 Å². The molecule has 1 amide bonds. The molecule has 0 aliphatic heterocycles. The molecular formula is C13H20N2O2. The smallest absolute Gasteiger partial charge is 0.220 e. The SMILES string of the molecule is CCCCC(=O)NCc1cccnc1OCC. The fourth-order valence-electron chi connectivity index (χ4n) is 1.44. The van der Waals surface area contributed by atoms with Crippen LogP contribution in [-0.4, -0.2) is 17.5 Å². The van der Waals surface area contributed by atoms with Crippen molar-refractivity contribution in [2.75, 3.05) is 6.61 Å². The van der Waals surface area contributed by atoms with Crippen molar-refractivity contribution in [2.45, 2.75) is 39.7 Å². The highest BCUT2D eigenvalue weighted by molar-refractivity contribution is 5.75. The maximum atomic E-state index is 11.5. The number of rotatable bonds is 7. The van der Waals surface area contributed by atoms with Crippen molar-refractivity contribution in [3.8, 4) is 5.88 Å². The molecule has 0 unspecified atom stereocenters. The van der Waals surface area contributed by atoms with Gasteiger partial charge in [-0.25, -0.2) is 4.98 Å². The number of carbonyl (C=O) groups is 1. The Balaban J connectivity index is 2.47. The summed E-state index contributed by atoms with van der Waals surface area (Å²) in [5, 5.41) is 2.87. The molecule has 0 atom stereocenters. The number of hydrogen-bond donors (Lipinski definition) is 1. The Kier molecular flexibility index (Phi) is 6.07. The van der Waals surface area contributed by atoms with Gasteiger partial charge in [-0.1, -0.05) is 19.4 Å². The van der Waals surface area contributed by atoms with E-state index in [1.54, 1.807) is 6.20 Å². The first-order chi connectivity index (χ1) is 8.27. The number of amides is 1. The van der Waals surface area contributed by atoms with Crippen molar-refractivity contribution in [1.29, 1.82) is 0 Å². The normalized spacial score (nSPS) is 10.0. The Bertz CT molecular complexity index is 353. The second-order valence-electron chi connectivity index (χ2n) is 3.78. The highest BCUT2D eigenvalue weighted by Crippen LogP contribution is 2.13. The second kappa shape index (κ2) is 7.65. The van der Waals surface area contributed by atoms with Crippen molar-refractivity contribution in [1.82, 2.24) is 10.3 Å². The molecule has 0 saturated heterocycles. The quantitative estimate of drug-likeness (QED) is 0.790. The fourth-order valence-corrected chi connectivity index (χ4v) is 1.44. The van der Waals surface area contributed by atoms with Crippen LogP contribution in [0.1, 0.15) is 38.7 Å². The second-order valence-corrected chi connectivity index (χ2v) is 3.78. The third kappa shape index (κ3) is 4.85. The first-order valence-electron chi connectivity index (χ1n) is 6.11. The first-order valence-corrected chi connectivity index (χ1v) is 6.11. The van der Waals surface area contributed by atoms with Crippen LogP contribution in [0, 0.1) is 0 Å². The molecule has 0 radical (unpaired) electrons. The zero-order valence-electron chi connectivity index (χ0n) is 10.5. The number of unbranched alkanes of at least 4 members (excludes halogenated alkanes) is 1. The van der Waals surface area contributed by atoms with Gasteiger partial charge in [0.25, 0.3) is 0 Å². The number of aromatic nitrogens is 1. The molecule has 0 fully saturated rings. The van der Waals surface area contributed by atoms with Gasteiger partial charge in [0.15, 0.2) is 0 Å². The molecule has 1 rings (SSSR count). The molecule has 94 valence electrons.